The smallest absolute Gasteiger partial charge is 0.339 e. The average molecular weight is 255 g/mol. The number of ether oxygens (including phenoxy) is 2. The van der Waals surface area contributed by atoms with Gasteiger partial charge < -0.3 is 14.8 Å². The van der Waals surface area contributed by atoms with Crippen LogP contribution in [0.2, 0.25) is 0 Å². The zero-order valence-corrected chi connectivity index (χ0v) is 10.7. The molecule has 1 N–H and O–H groups in total. The Labute approximate surface area is 105 Å². The van der Waals surface area contributed by atoms with Crippen LogP contribution in [-0.4, -0.2) is 36.9 Å². The standard InChI is InChI=1S/C12H17NO5/c1-4-18-10-7-9(15)5-6-12(10,11(16)17-3)13-8(2)14/h7H,4-6H2,1-3H3,(H,13,14). The van der Waals surface area contributed by atoms with Gasteiger partial charge in [-0.1, -0.05) is 0 Å². The Morgan fingerprint density at radius 2 is 2.17 bits per heavy atom. The lowest BCUT2D eigenvalue weighted by molar-refractivity contribution is -0.151. The number of carbonyl (C=O) groups is 3. The van der Waals surface area contributed by atoms with E-state index in [2.05, 4.69) is 5.32 Å². The number of hydrogen-bond acceptors (Lipinski definition) is 5. The van der Waals surface area contributed by atoms with Crippen molar-refractivity contribution in [1.29, 1.82) is 0 Å². The van der Waals surface area contributed by atoms with Crippen molar-refractivity contribution in [2.75, 3.05) is 13.7 Å². The summed E-state index contributed by atoms with van der Waals surface area (Å²) in [5.74, 6) is -1.02. The Bertz CT molecular complexity index is 401. The van der Waals surface area contributed by atoms with Gasteiger partial charge in [0.2, 0.25) is 5.91 Å². The summed E-state index contributed by atoms with van der Waals surface area (Å²) in [6, 6.07) is 0. The van der Waals surface area contributed by atoms with Gasteiger partial charge in [0, 0.05) is 19.4 Å². The predicted molar refractivity (Wildman–Crippen MR) is 62.5 cm³/mol. The summed E-state index contributed by atoms with van der Waals surface area (Å²) in [5, 5.41) is 2.54. The van der Waals surface area contributed by atoms with E-state index < -0.39 is 11.5 Å². The van der Waals surface area contributed by atoms with Gasteiger partial charge in [-0.05, 0) is 13.3 Å². The van der Waals surface area contributed by atoms with Crippen molar-refractivity contribution in [2.45, 2.75) is 32.2 Å². The molecular weight excluding hydrogens is 238 g/mol. The third kappa shape index (κ3) is 2.69. The third-order valence-corrected chi connectivity index (χ3v) is 2.68. The van der Waals surface area contributed by atoms with Crippen molar-refractivity contribution in [3.05, 3.63) is 11.8 Å². The van der Waals surface area contributed by atoms with E-state index in [1.54, 1.807) is 6.92 Å². The molecule has 0 radical (unpaired) electrons. The monoisotopic (exact) mass is 255 g/mol. The Morgan fingerprint density at radius 3 is 2.67 bits per heavy atom. The maximum Gasteiger partial charge on any atom is 0.339 e. The molecule has 0 bridgehead atoms. The number of hydrogen-bond donors (Lipinski definition) is 1. The number of esters is 1. The second-order valence-corrected chi connectivity index (χ2v) is 3.99. The highest BCUT2D eigenvalue weighted by Gasteiger charge is 2.48. The van der Waals surface area contributed by atoms with Crippen LogP contribution in [0.25, 0.3) is 0 Å². The minimum absolute atomic E-state index is 0.136. The first-order chi connectivity index (χ1) is 8.46. The molecule has 1 aliphatic carbocycles. The van der Waals surface area contributed by atoms with Crippen LogP contribution >= 0.6 is 0 Å². The highest BCUT2D eigenvalue weighted by atomic mass is 16.5. The third-order valence-electron chi connectivity index (χ3n) is 2.68. The van der Waals surface area contributed by atoms with Crippen molar-refractivity contribution in [2.24, 2.45) is 0 Å². The molecule has 0 aromatic carbocycles. The molecular formula is C12H17NO5. The van der Waals surface area contributed by atoms with Gasteiger partial charge in [0.15, 0.2) is 11.3 Å². The first kappa shape index (κ1) is 14.2. The minimum Gasteiger partial charge on any atom is -0.495 e. The number of carbonyl (C=O) groups excluding carboxylic acids is 3. The lowest BCUT2D eigenvalue weighted by atomic mass is 9.84. The molecule has 0 saturated heterocycles. The van der Waals surface area contributed by atoms with Gasteiger partial charge >= 0.3 is 5.97 Å². The second-order valence-electron chi connectivity index (χ2n) is 3.99. The van der Waals surface area contributed by atoms with E-state index in [9.17, 15) is 14.4 Å². The molecule has 18 heavy (non-hydrogen) atoms. The molecule has 0 heterocycles. The van der Waals surface area contributed by atoms with Gasteiger partial charge in [-0.3, -0.25) is 9.59 Å². The summed E-state index contributed by atoms with van der Waals surface area (Å²) >= 11 is 0. The summed E-state index contributed by atoms with van der Waals surface area (Å²) in [6.07, 6.45) is 1.55. The number of methoxy groups -OCH3 is 1. The molecule has 0 aromatic rings. The van der Waals surface area contributed by atoms with Crippen molar-refractivity contribution in [1.82, 2.24) is 5.32 Å². The van der Waals surface area contributed by atoms with Gasteiger partial charge in [0.05, 0.1) is 13.7 Å². The van der Waals surface area contributed by atoms with Crippen molar-refractivity contribution in [3.63, 3.8) is 0 Å². The molecule has 0 fully saturated rings. The summed E-state index contributed by atoms with van der Waals surface area (Å²) in [7, 11) is 1.23. The van der Waals surface area contributed by atoms with Crippen molar-refractivity contribution in [3.8, 4) is 0 Å². The highest BCUT2D eigenvalue weighted by Crippen LogP contribution is 2.30. The molecule has 6 heteroatoms. The van der Waals surface area contributed by atoms with Crippen LogP contribution in [0.3, 0.4) is 0 Å². The molecule has 1 atom stereocenters. The summed E-state index contributed by atoms with van der Waals surface area (Å²) in [6.45, 7) is 3.32. The molecule has 100 valence electrons. The van der Waals surface area contributed by atoms with E-state index in [0.29, 0.717) is 0 Å². The number of rotatable bonds is 4. The Balaban J connectivity index is 3.21. The van der Waals surface area contributed by atoms with E-state index in [0.717, 1.165) is 0 Å². The van der Waals surface area contributed by atoms with Crippen LogP contribution < -0.4 is 5.32 Å². The zero-order chi connectivity index (χ0) is 13.8. The van der Waals surface area contributed by atoms with E-state index in [1.807, 2.05) is 0 Å². The lowest BCUT2D eigenvalue weighted by Crippen LogP contribution is -2.58. The van der Waals surface area contributed by atoms with Gasteiger partial charge in [0.1, 0.15) is 5.76 Å². The number of allylic oxidation sites excluding steroid dienone is 1. The molecule has 1 aliphatic rings. The molecule has 0 saturated carbocycles. The lowest BCUT2D eigenvalue weighted by Gasteiger charge is -2.35. The molecule has 0 aliphatic heterocycles. The first-order valence-corrected chi connectivity index (χ1v) is 5.71. The topological polar surface area (TPSA) is 81.7 Å². The molecule has 1 rings (SSSR count). The molecule has 0 aromatic heterocycles. The van der Waals surface area contributed by atoms with E-state index in [-0.39, 0.29) is 36.9 Å². The van der Waals surface area contributed by atoms with Gasteiger partial charge in [-0.2, -0.15) is 0 Å². The fraction of sp³-hybridized carbons (Fsp3) is 0.583. The number of amides is 1. The van der Waals surface area contributed by atoms with Gasteiger partial charge in [0.25, 0.3) is 0 Å². The first-order valence-electron chi connectivity index (χ1n) is 5.71. The molecule has 1 amide bonds. The number of nitrogens with one attached hydrogen (secondary N) is 1. The van der Waals surface area contributed by atoms with Crippen LogP contribution in [0.15, 0.2) is 11.8 Å². The Morgan fingerprint density at radius 1 is 1.50 bits per heavy atom. The zero-order valence-electron chi connectivity index (χ0n) is 10.7. The largest absolute Gasteiger partial charge is 0.495 e. The van der Waals surface area contributed by atoms with Gasteiger partial charge in [-0.15, -0.1) is 0 Å². The van der Waals surface area contributed by atoms with Crippen LogP contribution in [0.1, 0.15) is 26.7 Å². The van der Waals surface area contributed by atoms with E-state index >= 15 is 0 Å². The van der Waals surface area contributed by atoms with E-state index in [1.165, 1.54) is 20.1 Å². The van der Waals surface area contributed by atoms with E-state index in [4.69, 9.17) is 9.47 Å². The fourth-order valence-electron chi connectivity index (χ4n) is 1.95. The highest BCUT2D eigenvalue weighted by molar-refractivity contribution is 5.98. The SMILES string of the molecule is CCOC1=CC(=O)CCC1(NC(C)=O)C(=O)OC. The fourth-order valence-corrected chi connectivity index (χ4v) is 1.95. The summed E-state index contributed by atoms with van der Waals surface area (Å²) in [4.78, 5) is 34.6. The predicted octanol–water partition coefficient (Wildman–Crippen LogP) is 0.318. The second kappa shape index (κ2) is 5.66. The Hall–Kier alpha value is -1.85. The van der Waals surface area contributed by atoms with Crippen molar-refractivity contribution >= 4 is 17.7 Å². The summed E-state index contributed by atoms with van der Waals surface area (Å²) in [5.41, 5.74) is -1.38. The van der Waals surface area contributed by atoms with Crippen LogP contribution in [-0.2, 0) is 23.9 Å². The van der Waals surface area contributed by atoms with Crippen LogP contribution in [0, 0.1) is 0 Å². The number of ketones is 1. The normalized spacial score (nSPS) is 23.1. The minimum atomic E-state index is -1.38. The Kier molecular flexibility index (Phi) is 4.47. The van der Waals surface area contributed by atoms with Crippen molar-refractivity contribution < 1.29 is 23.9 Å². The summed E-state index contributed by atoms with van der Waals surface area (Å²) < 4.78 is 10.0. The molecule has 1 unspecified atom stereocenters. The maximum absolute atomic E-state index is 11.9. The molecule has 0 spiro atoms. The van der Waals surface area contributed by atoms with Crippen LogP contribution in [0.4, 0.5) is 0 Å². The van der Waals surface area contributed by atoms with Gasteiger partial charge in [-0.25, -0.2) is 4.79 Å². The quantitative estimate of drug-likeness (QED) is 0.731. The maximum atomic E-state index is 11.9. The molecule has 6 nitrogen and oxygen atoms in total. The van der Waals surface area contributed by atoms with Crippen LogP contribution in [0.5, 0.6) is 0 Å². The average Bonchev–Trinajstić information content (AvgIpc) is 2.31.